The van der Waals surface area contributed by atoms with Crippen molar-refractivity contribution < 1.29 is 4.43 Å². The van der Waals surface area contributed by atoms with Crippen molar-refractivity contribution in [3.05, 3.63) is 0 Å². The van der Waals surface area contributed by atoms with Crippen LogP contribution in [-0.4, -0.2) is 15.3 Å². The fourth-order valence-electron chi connectivity index (χ4n) is 0.594. The Morgan fingerprint density at radius 2 is 2.11 bits per heavy atom. The Labute approximate surface area is 64.6 Å². The summed E-state index contributed by atoms with van der Waals surface area (Å²) in [5, 5.41) is 0. The van der Waals surface area contributed by atoms with E-state index >= 15 is 0 Å². The van der Waals surface area contributed by atoms with Crippen molar-refractivity contribution >= 4 is 20.3 Å². The Morgan fingerprint density at radius 3 is 2.44 bits per heavy atom. The van der Waals surface area contributed by atoms with Crippen molar-refractivity contribution in [2.75, 3.05) is 7.11 Å². The summed E-state index contributed by atoms with van der Waals surface area (Å²) in [6.45, 7) is 4.45. The predicted octanol–water partition coefficient (Wildman–Crippen LogP) is 1.83. The maximum absolute atomic E-state index is 5.10. The predicted molar refractivity (Wildman–Crippen MR) is 47.4 cm³/mol. The molecule has 0 fully saturated rings. The zero-order valence-corrected chi connectivity index (χ0v) is 8.47. The van der Waals surface area contributed by atoms with Crippen molar-refractivity contribution in [1.29, 1.82) is 0 Å². The molecule has 0 saturated heterocycles. The molecule has 0 N–H and O–H groups in total. The van der Waals surface area contributed by atoms with E-state index in [1.807, 2.05) is 0 Å². The molecule has 0 radical (unpaired) electrons. The van der Waals surface area contributed by atoms with E-state index in [4.69, 9.17) is 4.43 Å². The van der Waals surface area contributed by atoms with Crippen molar-refractivity contribution in [3.8, 4) is 0 Å². The SMILES string of the molecule is CO[SiH](S)CCC(C)C. The second kappa shape index (κ2) is 5.32. The van der Waals surface area contributed by atoms with Crippen molar-refractivity contribution in [3.63, 3.8) is 0 Å². The lowest BCUT2D eigenvalue weighted by molar-refractivity contribution is 0.430. The fourth-order valence-corrected chi connectivity index (χ4v) is 2.23. The van der Waals surface area contributed by atoms with Gasteiger partial charge in [0.2, 0.25) is 8.19 Å². The molecule has 0 aliphatic rings. The summed E-state index contributed by atoms with van der Waals surface area (Å²) in [6.07, 6.45) is 1.26. The second-order valence-corrected chi connectivity index (χ2v) is 6.35. The zero-order valence-electron chi connectivity index (χ0n) is 6.42. The monoisotopic (exact) mass is 164 g/mol. The van der Waals surface area contributed by atoms with Crippen LogP contribution in [0, 0.1) is 5.92 Å². The van der Waals surface area contributed by atoms with E-state index in [2.05, 4.69) is 25.9 Å². The van der Waals surface area contributed by atoms with Crippen LogP contribution in [0.2, 0.25) is 6.04 Å². The van der Waals surface area contributed by atoms with Crippen molar-refractivity contribution in [1.82, 2.24) is 0 Å². The Morgan fingerprint density at radius 1 is 1.56 bits per heavy atom. The summed E-state index contributed by atoms with van der Waals surface area (Å²) in [6, 6.07) is 1.19. The molecule has 56 valence electrons. The molecule has 3 heteroatoms. The van der Waals surface area contributed by atoms with Gasteiger partial charge >= 0.3 is 0 Å². The quantitative estimate of drug-likeness (QED) is 0.493. The average Bonchev–Trinajstić information content (AvgIpc) is 1.83. The van der Waals surface area contributed by atoms with Crippen LogP contribution in [0.15, 0.2) is 0 Å². The second-order valence-electron chi connectivity index (χ2n) is 2.66. The first-order valence-electron chi connectivity index (χ1n) is 3.37. The Kier molecular flexibility index (Phi) is 5.63. The standard InChI is InChI=1S/C6H16OSSi/c1-6(2)4-5-9(8)7-3/h6,8-9H,4-5H2,1-3H3. The highest BCUT2D eigenvalue weighted by molar-refractivity contribution is 8.09. The molecule has 9 heavy (non-hydrogen) atoms. The molecule has 0 amide bonds. The van der Waals surface area contributed by atoms with E-state index in [0.717, 1.165) is 5.92 Å². The van der Waals surface area contributed by atoms with Crippen LogP contribution in [-0.2, 0) is 4.43 Å². The summed E-state index contributed by atoms with van der Waals surface area (Å²) in [4.78, 5) is 0. The first-order chi connectivity index (χ1) is 4.16. The largest absolute Gasteiger partial charge is 0.413 e. The van der Waals surface area contributed by atoms with Gasteiger partial charge in [-0.2, -0.15) is 12.1 Å². The van der Waals surface area contributed by atoms with Crippen LogP contribution in [0.4, 0.5) is 0 Å². The molecule has 0 aliphatic heterocycles. The normalized spacial score (nSPS) is 14.3. The molecule has 0 aromatic heterocycles. The van der Waals surface area contributed by atoms with Gasteiger partial charge in [-0.05, 0) is 12.0 Å². The molecule has 1 unspecified atom stereocenters. The molecule has 1 atom stereocenters. The van der Waals surface area contributed by atoms with Crippen LogP contribution in [0.5, 0.6) is 0 Å². The smallest absolute Gasteiger partial charge is 0.234 e. The van der Waals surface area contributed by atoms with E-state index in [0.29, 0.717) is 0 Å². The molecule has 0 spiro atoms. The van der Waals surface area contributed by atoms with Crippen LogP contribution in [0.25, 0.3) is 0 Å². The molecule has 0 bridgehead atoms. The molecular weight excluding hydrogens is 148 g/mol. The van der Waals surface area contributed by atoms with Crippen molar-refractivity contribution in [2.24, 2.45) is 5.92 Å². The van der Waals surface area contributed by atoms with Crippen LogP contribution < -0.4 is 0 Å². The van der Waals surface area contributed by atoms with E-state index in [1.165, 1.54) is 12.5 Å². The van der Waals surface area contributed by atoms with Gasteiger partial charge in [-0.15, -0.1) is 0 Å². The first-order valence-corrected chi connectivity index (χ1v) is 6.73. The van der Waals surface area contributed by atoms with Gasteiger partial charge in [0.1, 0.15) is 0 Å². The van der Waals surface area contributed by atoms with Gasteiger partial charge in [-0.25, -0.2) is 0 Å². The first kappa shape index (κ1) is 9.53. The Balaban J connectivity index is 3.06. The van der Waals surface area contributed by atoms with Gasteiger partial charge in [-0.1, -0.05) is 20.3 Å². The minimum atomic E-state index is -1.04. The molecule has 0 rings (SSSR count). The highest BCUT2D eigenvalue weighted by Crippen LogP contribution is 2.09. The number of thiol groups is 1. The van der Waals surface area contributed by atoms with Gasteiger partial charge in [0.05, 0.1) is 0 Å². The highest BCUT2D eigenvalue weighted by atomic mass is 32.3. The maximum Gasteiger partial charge on any atom is 0.234 e. The molecule has 0 aromatic rings. The molecule has 0 aromatic carbocycles. The fraction of sp³-hybridized carbons (Fsp3) is 1.00. The summed E-state index contributed by atoms with van der Waals surface area (Å²) < 4.78 is 5.10. The molecule has 0 aliphatic carbocycles. The Bertz CT molecular complexity index is 68.1. The number of hydrogen-bond acceptors (Lipinski definition) is 2. The lowest BCUT2D eigenvalue weighted by Gasteiger charge is -2.07. The van der Waals surface area contributed by atoms with E-state index in [9.17, 15) is 0 Å². The summed E-state index contributed by atoms with van der Waals surface area (Å²) in [5.41, 5.74) is 0. The molecule has 0 heterocycles. The molecule has 0 saturated carbocycles. The lowest BCUT2D eigenvalue weighted by Crippen LogP contribution is -2.07. The summed E-state index contributed by atoms with van der Waals surface area (Å²) in [5.74, 6) is 0.794. The third-order valence-corrected chi connectivity index (χ3v) is 4.04. The summed E-state index contributed by atoms with van der Waals surface area (Å²) in [7, 11) is 0.711. The van der Waals surface area contributed by atoms with Crippen molar-refractivity contribution in [2.45, 2.75) is 26.3 Å². The van der Waals surface area contributed by atoms with Gasteiger partial charge in [0, 0.05) is 7.11 Å². The van der Waals surface area contributed by atoms with Crippen LogP contribution in [0.1, 0.15) is 20.3 Å². The topological polar surface area (TPSA) is 9.23 Å². The lowest BCUT2D eigenvalue weighted by atomic mass is 10.2. The van der Waals surface area contributed by atoms with E-state index < -0.39 is 8.19 Å². The number of rotatable bonds is 4. The van der Waals surface area contributed by atoms with Gasteiger partial charge in [0.25, 0.3) is 0 Å². The Hall–Kier alpha value is 0.527. The van der Waals surface area contributed by atoms with E-state index in [1.54, 1.807) is 7.11 Å². The molecule has 1 nitrogen and oxygen atoms in total. The molecular formula is C6H16OSSi. The zero-order chi connectivity index (χ0) is 7.28. The van der Waals surface area contributed by atoms with Gasteiger partial charge in [0.15, 0.2) is 0 Å². The third kappa shape index (κ3) is 6.41. The number of hydrogen-bond donors (Lipinski definition) is 1. The minimum absolute atomic E-state index is 0.794. The van der Waals surface area contributed by atoms with Crippen LogP contribution >= 0.6 is 12.1 Å². The van der Waals surface area contributed by atoms with E-state index in [-0.39, 0.29) is 0 Å². The minimum Gasteiger partial charge on any atom is -0.413 e. The summed E-state index contributed by atoms with van der Waals surface area (Å²) >= 11 is 4.32. The maximum atomic E-state index is 5.10. The highest BCUT2D eigenvalue weighted by Gasteiger charge is 2.03. The average molecular weight is 164 g/mol. The van der Waals surface area contributed by atoms with Gasteiger partial charge < -0.3 is 4.43 Å². The third-order valence-electron chi connectivity index (χ3n) is 1.26. The van der Waals surface area contributed by atoms with Gasteiger partial charge in [-0.3, -0.25) is 0 Å². The van der Waals surface area contributed by atoms with Crippen LogP contribution in [0.3, 0.4) is 0 Å².